The van der Waals surface area contributed by atoms with E-state index < -0.39 is 5.97 Å². The van der Waals surface area contributed by atoms with Gasteiger partial charge >= 0.3 is 5.97 Å². The first-order valence-electron chi connectivity index (χ1n) is 4.56. The van der Waals surface area contributed by atoms with E-state index in [-0.39, 0.29) is 5.92 Å². The van der Waals surface area contributed by atoms with Crippen LogP contribution in [0.3, 0.4) is 0 Å². The number of hydrogen-bond acceptors (Lipinski definition) is 2. The van der Waals surface area contributed by atoms with Crippen LogP contribution in [0.25, 0.3) is 0 Å². The van der Waals surface area contributed by atoms with Crippen molar-refractivity contribution in [3.63, 3.8) is 0 Å². The molecule has 0 unspecified atom stereocenters. The maximum absolute atomic E-state index is 10.5. The molecule has 3 heteroatoms. The van der Waals surface area contributed by atoms with Crippen molar-refractivity contribution in [3.8, 4) is 0 Å². The lowest BCUT2D eigenvalue weighted by atomic mass is 9.99. The monoisotopic (exact) mass is 193 g/mol. The molecule has 1 saturated heterocycles. The van der Waals surface area contributed by atoms with E-state index in [1.54, 1.807) is 12.2 Å². The Morgan fingerprint density at radius 1 is 1.50 bits per heavy atom. The topological polar surface area (TPSA) is 40.5 Å². The fourth-order valence-electron chi connectivity index (χ4n) is 1.45. The zero-order valence-electron chi connectivity index (χ0n) is 8.15. The van der Waals surface area contributed by atoms with E-state index in [0.717, 1.165) is 12.1 Å². The molecular formula is C11H15NO2. The van der Waals surface area contributed by atoms with Gasteiger partial charge in [-0.05, 0) is 5.57 Å². The third-order valence-corrected chi connectivity index (χ3v) is 2.31. The minimum absolute atomic E-state index is 0.190. The van der Waals surface area contributed by atoms with E-state index >= 15 is 0 Å². The van der Waals surface area contributed by atoms with E-state index in [0.29, 0.717) is 13.1 Å². The third kappa shape index (κ3) is 2.57. The summed E-state index contributed by atoms with van der Waals surface area (Å²) in [6.07, 6.45) is 5.38. The molecule has 1 aliphatic heterocycles. The number of allylic oxidation sites excluding steroid dienone is 2. The molecule has 0 aliphatic carbocycles. The lowest BCUT2D eigenvalue weighted by molar-refractivity contribution is -0.147. The van der Waals surface area contributed by atoms with E-state index in [2.05, 4.69) is 18.1 Å². The molecule has 0 atom stereocenters. The molecule has 14 heavy (non-hydrogen) atoms. The Hall–Kier alpha value is -1.35. The zero-order chi connectivity index (χ0) is 10.6. The van der Waals surface area contributed by atoms with Gasteiger partial charge in [-0.1, -0.05) is 31.4 Å². The molecule has 0 aromatic rings. The molecule has 1 heterocycles. The summed E-state index contributed by atoms with van der Waals surface area (Å²) in [6.45, 7) is 9.33. The summed E-state index contributed by atoms with van der Waals surface area (Å²) in [4.78, 5) is 12.6. The van der Waals surface area contributed by atoms with Crippen molar-refractivity contribution in [2.45, 2.75) is 0 Å². The van der Waals surface area contributed by atoms with Crippen LogP contribution >= 0.6 is 0 Å². The standard InChI is InChI=1S/C11H15NO2/c1-3-5-9(4-2)6-12-7-10(8-12)11(13)14/h3-5,10H,1-2,6-8H2,(H,13,14). The number of nitrogens with zero attached hydrogens (tertiary/aromatic N) is 1. The number of carbonyl (C=O) groups is 1. The molecule has 0 aromatic carbocycles. The van der Waals surface area contributed by atoms with Crippen LogP contribution in [0, 0.1) is 5.92 Å². The van der Waals surface area contributed by atoms with Gasteiger partial charge in [-0.25, -0.2) is 0 Å². The minimum Gasteiger partial charge on any atom is -0.481 e. The van der Waals surface area contributed by atoms with Gasteiger partial charge in [0.15, 0.2) is 0 Å². The predicted molar refractivity (Wildman–Crippen MR) is 56.0 cm³/mol. The SMILES string of the molecule is C=CC=C(C=C)CN1CC(C(=O)O)C1. The highest BCUT2D eigenvalue weighted by molar-refractivity contribution is 5.71. The molecular weight excluding hydrogens is 178 g/mol. The van der Waals surface area contributed by atoms with Crippen molar-refractivity contribution in [3.05, 3.63) is 37.0 Å². The Labute approximate surface area is 84.0 Å². The summed E-state index contributed by atoms with van der Waals surface area (Å²) >= 11 is 0. The summed E-state index contributed by atoms with van der Waals surface area (Å²) in [6, 6.07) is 0. The second-order valence-electron chi connectivity index (χ2n) is 3.41. The van der Waals surface area contributed by atoms with E-state index in [9.17, 15) is 4.79 Å². The molecule has 0 radical (unpaired) electrons. The van der Waals surface area contributed by atoms with E-state index in [4.69, 9.17) is 5.11 Å². The van der Waals surface area contributed by atoms with Crippen molar-refractivity contribution in [1.29, 1.82) is 0 Å². The fourth-order valence-corrected chi connectivity index (χ4v) is 1.45. The van der Waals surface area contributed by atoms with Crippen LogP contribution < -0.4 is 0 Å². The second kappa shape index (κ2) is 4.77. The van der Waals surface area contributed by atoms with Crippen LogP contribution in [0.15, 0.2) is 37.0 Å². The summed E-state index contributed by atoms with van der Waals surface area (Å²) < 4.78 is 0. The van der Waals surface area contributed by atoms with Crippen LogP contribution in [0.5, 0.6) is 0 Å². The molecule has 0 bridgehead atoms. The first-order chi connectivity index (χ1) is 6.67. The first-order valence-corrected chi connectivity index (χ1v) is 4.56. The third-order valence-electron chi connectivity index (χ3n) is 2.31. The van der Waals surface area contributed by atoms with Crippen LogP contribution in [-0.2, 0) is 4.79 Å². The largest absolute Gasteiger partial charge is 0.481 e. The van der Waals surface area contributed by atoms with Crippen LogP contribution in [-0.4, -0.2) is 35.6 Å². The number of rotatable bonds is 5. The van der Waals surface area contributed by atoms with Crippen LogP contribution in [0.2, 0.25) is 0 Å². The molecule has 1 fully saturated rings. The first kappa shape index (κ1) is 10.7. The van der Waals surface area contributed by atoms with E-state index in [1.165, 1.54) is 0 Å². The van der Waals surface area contributed by atoms with Gasteiger partial charge in [0, 0.05) is 19.6 Å². The molecule has 0 aromatic heterocycles. The Kier molecular flexibility index (Phi) is 3.65. The summed E-state index contributed by atoms with van der Waals surface area (Å²) in [5.41, 5.74) is 1.07. The summed E-state index contributed by atoms with van der Waals surface area (Å²) in [5, 5.41) is 8.67. The number of likely N-dealkylation sites (tertiary alicyclic amines) is 1. The number of aliphatic carboxylic acids is 1. The van der Waals surface area contributed by atoms with Gasteiger partial charge in [0.1, 0.15) is 0 Å². The van der Waals surface area contributed by atoms with E-state index in [1.807, 2.05) is 6.08 Å². The van der Waals surface area contributed by atoms with Crippen molar-refractivity contribution in [2.24, 2.45) is 5.92 Å². The molecule has 1 N–H and O–H groups in total. The Morgan fingerprint density at radius 2 is 2.14 bits per heavy atom. The normalized spacial score (nSPS) is 18.7. The lowest BCUT2D eigenvalue weighted by Crippen LogP contribution is -2.50. The average Bonchev–Trinajstić information content (AvgIpc) is 2.07. The Morgan fingerprint density at radius 3 is 2.57 bits per heavy atom. The highest BCUT2D eigenvalue weighted by Gasteiger charge is 2.31. The lowest BCUT2D eigenvalue weighted by Gasteiger charge is -2.36. The maximum Gasteiger partial charge on any atom is 0.309 e. The van der Waals surface area contributed by atoms with Gasteiger partial charge in [0.2, 0.25) is 0 Å². The van der Waals surface area contributed by atoms with Crippen LogP contribution in [0.4, 0.5) is 0 Å². The van der Waals surface area contributed by atoms with Gasteiger partial charge in [-0.2, -0.15) is 0 Å². The van der Waals surface area contributed by atoms with Gasteiger partial charge in [-0.15, -0.1) is 0 Å². The van der Waals surface area contributed by atoms with Crippen molar-refractivity contribution < 1.29 is 9.90 Å². The minimum atomic E-state index is -0.700. The summed E-state index contributed by atoms with van der Waals surface area (Å²) in [7, 11) is 0. The highest BCUT2D eigenvalue weighted by atomic mass is 16.4. The van der Waals surface area contributed by atoms with Crippen molar-refractivity contribution in [1.82, 2.24) is 4.90 Å². The van der Waals surface area contributed by atoms with Crippen molar-refractivity contribution in [2.75, 3.05) is 19.6 Å². The molecule has 1 aliphatic rings. The Bertz CT molecular complexity index is 275. The molecule has 3 nitrogen and oxygen atoms in total. The van der Waals surface area contributed by atoms with Crippen LogP contribution in [0.1, 0.15) is 0 Å². The highest BCUT2D eigenvalue weighted by Crippen LogP contribution is 2.17. The number of hydrogen-bond donors (Lipinski definition) is 1. The quantitative estimate of drug-likeness (QED) is 0.669. The smallest absolute Gasteiger partial charge is 0.309 e. The zero-order valence-corrected chi connectivity index (χ0v) is 8.15. The fraction of sp³-hybridized carbons (Fsp3) is 0.364. The molecule has 76 valence electrons. The summed E-state index contributed by atoms with van der Waals surface area (Å²) in [5.74, 6) is -0.890. The molecule has 0 spiro atoms. The number of carboxylic acid groups (broad SMARTS) is 1. The van der Waals surface area contributed by atoms with Gasteiger partial charge < -0.3 is 5.11 Å². The Balaban J connectivity index is 2.35. The maximum atomic E-state index is 10.5. The van der Waals surface area contributed by atoms with Crippen molar-refractivity contribution >= 4 is 5.97 Å². The second-order valence-corrected chi connectivity index (χ2v) is 3.41. The van der Waals surface area contributed by atoms with Gasteiger partial charge in [0.05, 0.1) is 5.92 Å². The predicted octanol–water partition coefficient (Wildman–Crippen LogP) is 1.30. The molecule has 0 amide bonds. The molecule has 1 rings (SSSR count). The van der Waals surface area contributed by atoms with Gasteiger partial charge in [-0.3, -0.25) is 9.69 Å². The average molecular weight is 193 g/mol. The van der Waals surface area contributed by atoms with Gasteiger partial charge in [0.25, 0.3) is 0 Å². The molecule has 0 saturated carbocycles. The number of carboxylic acids is 1.